The van der Waals surface area contributed by atoms with Crippen LogP contribution in [0.2, 0.25) is 0 Å². The summed E-state index contributed by atoms with van der Waals surface area (Å²) in [5, 5.41) is 0. The first-order valence-corrected chi connectivity index (χ1v) is 8.96. The zero-order valence-corrected chi connectivity index (χ0v) is 15.2. The minimum absolute atomic E-state index is 0.0991. The number of piperidine rings is 1. The number of amides is 1. The predicted molar refractivity (Wildman–Crippen MR) is 94.0 cm³/mol. The van der Waals surface area contributed by atoms with E-state index in [1.165, 1.54) is 0 Å². The fourth-order valence-electron chi connectivity index (χ4n) is 2.98. The van der Waals surface area contributed by atoms with Gasteiger partial charge >= 0.3 is 5.97 Å². The SMILES string of the molecule is CCOC(=O)[C@@H]1CCCN(C(=O)c2ccc(OCC)c(OCC)c2)C1. The van der Waals surface area contributed by atoms with Gasteiger partial charge in [-0.1, -0.05) is 0 Å². The second-order valence-electron chi connectivity index (χ2n) is 5.87. The van der Waals surface area contributed by atoms with E-state index in [0.29, 0.717) is 50.0 Å². The number of hydrogen-bond acceptors (Lipinski definition) is 5. The molecule has 0 aromatic heterocycles. The number of carbonyl (C=O) groups excluding carboxylic acids is 2. The Kier molecular flexibility index (Phi) is 7.10. The van der Waals surface area contributed by atoms with E-state index in [1.54, 1.807) is 30.0 Å². The van der Waals surface area contributed by atoms with Crippen molar-refractivity contribution in [3.8, 4) is 11.5 Å². The molecule has 0 bridgehead atoms. The summed E-state index contributed by atoms with van der Waals surface area (Å²) in [7, 11) is 0. The van der Waals surface area contributed by atoms with Crippen LogP contribution in [-0.2, 0) is 9.53 Å². The van der Waals surface area contributed by atoms with E-state index >= 15 is 0 Å². The molecule has 6 nitrogen and oxygen atoms in total. The molecule has 1 fully saturated rings. The standard InChI is InChI=1S/C19H27NO5/c1-4-23-16-10-9-14(12-17(16)24-5-2)18(21)20-11-7-8-15(13-20)19(22)25-6-3/h9-10,12,15H,4-8,11,13H2,1-3H3/t15-/m1/s1. The van der Waals surface area contributed by atoms with Crippen molar-refractivity contribution in [1.29, 1.82) is 0 Å². The van der Waals surface area contributed by atoms with Gasteiger partial charge in [0.25, 0.3) is 5.91 Å². The predicted octanol–water partition coefficient (Wildman–Crippen LogP) is 2.90. The van der Waals surface area contributed by atoms with Crippen LogP contribution in [0.4, 0.5) is 0 Å². The third-order valence-corrected chi connectivity index (χ3v) is 4.12. The average Bonchev–Trinajstić information content (AvgIpc) is 2.63. The van der Waals surface area contributed by atoms with Crippen LogP contribution in [0.5, 0.6) is 11.5 Å². The van der Waals surface area contributed by atoms with Gasteiger partial charge in [0.1, 0.15) is 0 Å². The van der Waals surface area contributed by atoms with E-state index in [-0.39, 0.29) is 17.8 Å². The number of nitrogens with zero attached hydrogens (tertiary/aromatic N) is 1. The highest BCUT2D eigenvalue weighted by Gasteiger charge is 2.30. The molecule has 0 radical (unpaired) electrons. The van der Waals surface area contributed by atoms with Crippen molar-refractivity contribution in [3.63, 3.8) is 0 Å². The number of hydrogen-bond donors (Lipinski definition) is 0. The Bertz CT molecular complexity index is 601. The van der Waals surface area contributed by atoms with Gasteiger partial charge in [-0.2, -0.15) is 0 Å². The monoisotopic (exact) mass is 349 g/mol. The Morgan fingerprint density at radius 1 is 1.08 bits per heavy atom. The third kappa shape index (κ3) is 4.87. The molecular weight excluding hydrogens is 322 g/mol. The molecule has 1 aliphatic rings. The molecule has 25 heavy (non-hydrogen) atoms. The first-order chi connectivity index (χ1) is 12.1. The van der Waals surface area contributed by atoms with E-state index in [2.05, 4.69) is 0 Å². The summed E-state index contributed by atoms with van der Waals surface area (Å²) < 4.78 is 16.2. The molecule has 0 N–H and O–H groups in total. The van der Waals surface area contributed by atoms with Crippen LogP contribution >= 0.6 is 0 Å². The molecule has 6 heteroatoms. The van der Waals surface area contributed by atoms with E-state index in [0.717, 1.165) is 12.8 Å². The van der Waals surface area contributed by atoms with E-state index in [4.69, 9.17) is 14.2 Å². The molecule has 2 rings (SSSR count). The van der Waals surface area contributed by atoms with Gasteiger partial charge < -0.3 is 19.1 Å². The topological polar surface area (TPSA) is 65.1 Å². The first kappa shape index (κ1) is 19.1. The summed E-state index contributed by atoms with van der Waals surface area (Å²) >= 11 is 0. The maximum Gasteiger partial charge on any atom is 0.310 e. The van der Waals surface area contributed by atoms with Crippen molar-refractivity contribution >= 4 is 11.9 Å². The summed E-state index contributed by atoms with van der Waals surface area (Å²) in [5.41, 5.74) is 0.538. The molecule has 1 atom stereocenters. The minimum atomic E-state index is -0.244. The van der Waals surface area contributed by atoms with Gasteiger partial charge in [-0.3, -0.25) is 9.59 Å². The lowest BCUT2D eigenvalue weighted by molar-refractivity contribution is -0.149. The Balaban J connectivity index is 2.13. The molecule has 0 unspecified atom stereocenters. The van der Waals surface area contributed by atoms with Gasteiger partial charge in [0, 0.05) is 18.7 Å². The lowest BCUT2D eigenvalue weighted by Crippen LogP contribution is -2.42. The number of benzene rings is 1. The maximum atomic E-state index is 12.8. The number of ether oxygens (including phenoxy) is 3. The van der Waals surface area contributed by atoms with Gasteiger partial charge in [0.15, 0.2) is 11.5 Å². The zero-order valence-electron chi connectivity index (χ0n) is 15.2. The summed E-state index contributed by atoms with van der Waals surface area (Å²) in [6, 6.07) is 5.21. The van der Waals surface area contributed by atoms with Gasteiger partial charge in [-0.25, -0.2) is 0 Å². The molecule has 1 amide bonds. The number of carbonyl (C=O) groups is 2. The molecule has 138 valence electrons. The van der Waals surface area contributed by atoms with Crippen molar-refractivity contribution in [2.24, 2.45) is 5.92 Å². The molecule has 1 aromatic carbocycles. The summed E-state index contributed by atoms with van der Waals surface area (Å²) in [5.74, 6) is 0.629. The number of esters is 1. The van der Waals surface area contributed by atoms with Gasteiger partial charge in [-0.15, -0.1) is 0 Å². The van der Waals surface area contributed by atoms with E-state index < -0.39 is 0 Å². The third-order valence-electron chi connectivity index (χ3n) is 4.12. The summed E-state index contributed by atoms with van der Waals surface area (Å²) in [6.07, 6.45) is 1.56. The smallest absolute Gasteiger partial charge is 0.310 e. The molecule has 0 spiro atoms. The Morgan fingerprint density at radius 3 is 2.48 bits per heavy atom. The molecule has 1 aliphatic heterocycles. The Hall–Kier alpha value is -2.24. The van der Waals surface area contributed by atoms with Crippen molar-refractivity contribution in [2.75, 3.05) is 32.9 Å². The number of likely N-dealkylation sites (tertiary alicyclic amines) is 1. The molecular formula is C19H27NO5. The van der Waals surface area contributed by atoms with Crippen LogP contribution in [0.15, 0.2) is 18.2 Å². The second-order valence-corrected chi connectivity index (χ2v) is 5.87. The van der Waals surface area contributed by atoms with Crippen LogP contribution in [0, 0.1) is 5.92 Å². The van der Waals surface area contributed by atoms with E-state index in [9.17, 15) is 9.59 Å². The van der Waals surface area contributed by atoms with Gasteiger partial charge in [-0.05, 0) is 51.8 Å². The molecule has 0 saturated carbocycles. The highest BCUT2D eigenvalue weighted by molar-refractivity contribution is 5.95. The highest BCUT2D eigenvalue weighted by Crippen LogP contribution is 2.29. The molecule has 1 saturated heterocycles. The fraction of sp³-hybridized carbons (Fsp3) is 0.579. The average molecular weight is 349 g/mol. The van der Waals surface area contributed by atoms with Crippen molar-refractivity contribution < 1.29 is 23.8 Å². The maximum absolute atomic E-state index is 12.8. The van der Waals surface area contributed by atoms with Crippen LogP contribution in [-0.4, -0.2) is 49.7 Å². The Morgan fingerprint density at radius 2 is 1.80 bits per heavy atom. The highest BCUT2D eigenvalue weighted by atomic mass is 16.5. The first-order valence-electron chi connectivity index (χ1n) is 8.96. The molecule has 1 aromatic rings. The van der Waals surface area contributed by atoms with Crippen LogP contribution in [0.25, 0.3) is 0 Å². The van der Waals surface area contributed by atoms with Crippen LogP contribution in [0.3, 0.4) is 0 Å². The summed E-state index contributed by atoms with van der Waals surface area (Å²) in [6.45, 7) is 8.00. The van der Waals surface area contributed by atoms with Gasteiger partial charge in [0.05, 0.1) is 25.7 Å². The zero-order chi connectivity index (χ0) is 18.2. The second kappa shape index (κ2) is 9.30. The van der Waals surface area contributed by atoms with E-state index in [1.807, 2.05) is 13.8 Å². The quantitative estimate of drug-likeness (QED) is 0.708. The van der Waals surface area contributed by atoms with Gasteiger partial charge in [0.2, 0.25) is 0 Å². The minimum Gasteiger partial charge on any atom is -0.490 e. The molecule has 1 heterocycles. The largest absolute Gasteiger partial charge is 0.490 e. The Labute approximate surface area is 149 Å². The van der Waals surface area contributed by atoms with Crippen LogP contribution < -0.4 is 9.47 Å². The van der Waals surface area contributed by atoms with Crippen molar-refractivity contribution in [3.05, 3.63) is 23.8 Å². The van der Waals surface area contributed by atoms with Crippen molar-refractivity contribution in [1.82, 2.24) is 4.90 Å². The normalized spacial score (nSPS) is 17.1. The van der Waals surface area contributed by atoms with Crippen molar-refractivity contribution in [2.45, 2.75) is 33.6 Å². The number of rotatable bonds is 7. The molecule has 0 aliphatic carbocycles. The van der Waals surface area contributed by atoms with Crippen LogP contribution in [0.1, 0.15) is 44.0 Å². The lowest BCUT2D eigenvalue weighted by atomic mass is 9.97. The fourth-order valence-corrected chi connectivity index (χ4v) is 2.98. The summed E-state index contributed by atoms with van der Waals surface area (Å²) in [4.78, 5) is 26.5. The lowest BCUT2D eigenvalue weighted by Gasteiger charge is -2.31.